The second-order valence-corrected chi connectivity index (χ2v) is 20.6. The van der Waals surface area contributed by atoms with Crippen LogP contribution in [0.1, 0.15) is 19.8 Å². The number of aliphatic carboxylic acids is 4. The molecule has 0 aromatic carbocycles. The molecule has 8 heterocycles. The van der Waals surface area contributed by atoms with Gasteiger partial charge in [0.05, 0.1) is 65.7 Å². The molecule has 0 unspecified atom stereocenters. The molecule has 36 nitrogen and oxygen atoms in total. The molecule has 0 aromatic rings. The third-order valence-electron chi connectivity index (χ3n) is 13.3. The summed E-state index contributed by atoms with van der Waals surface area (Å²) < 4.78 is 84.6. The molecule has 8 fully saturated rings. The fourth-order valence-corrected chi connectivity index (χ4v) is 9.38. The molecular weight excluding hydrogens is 1300 g/mol. The molecule has 0 amide bonds. The first-order valence-electron chi connectivity index (χ1n) is 28.3. The summed E-state index contributed by atoms with van der Waals surface area (Å²) in [5.41, 5.74) is 0. The number of aliphatic hydroxyl groups is 3. The monoisotopic (exact) mass is 1360 g/mol. The first kappa shape index (κ1) is 76.5. The smallest absolute Gasteiger partial charge is 0.331 e. The average molecular weight is 1360 g/mol. The van der Waals surface area contributed by atoms with E-state index in [-0.39, 0.29) is 88.8 Å². The van der Waals surface area contributed by atoms with E-state index in [1.54, 1.807) is 0 Å². The van der Waals surface area contributed by atoms with Crippen molar-refractivity contribution >= 4 is 77.4 Å². The summed E-state index contributed by atoms with van der Waals surface area (Å²) in [7, 11) is 0. The Morgan fingerprint density at radius 2 is 0.479 bits per heavy atom. The summed E-state index contributed by atoms with van der Waals surface area (Å²) in [6, 6.07) is 0. The number of carboxylic acids is 4. The van der Waals surface area contributed by atoms with Gasteiger partial charge in [0, 0.05) is 60.8 Å². The van der Waals surface area contributed by atoms with E-state index in [0.717, 1.165) is 66.8 Å². The average Bonchev–Trinajstić information content (AvgIpc) is 1.68. The maximum absolute atomic E-state index is 11.6. The number of carbonyl (C=O) groups is 13. The number of esters is 8. The normalized spacial score (nSPS) is 28.8. The van der Waals surface area contributed by atoms with E-state index in [0.29, 0.717) is 18.2 Å². The lowest BCUT2D eigenvalue weighted by atomic mass is 10.1. The van der Waals surface area contributed by atoms with Crippen LogP contribution in [0, 0.1) is 0 Å². The number of aliphatic hydroxyl groups excluding tert-OH is 3. The third kappa shape index (κ3) is 25.6. The number of carbonyl (C=O) groups excluding carboxylic acids is 9. The maximum atomic E-state index is 11.6. The molecule has 0 aliphatic carbocycles. The van der Waals surface area contributed by atoms with Gasteiger partial charge < -0.3 is 112 Å². The lowest BCUT2D eigenvalue weighted by molar-refractivity contribution is -0.156. The van der Waals surface area contributed by atoms with Gasteiger partial charge in [0.1, 0.15) is 66.1 Å². The van der Waals surface area contributed by atoms with Crippen LogP contribution in [0.25, 0.3) is 0 Å². The SMILES string of the molecule is C=C(O)/C=C\C(=O)O[C@H]1CO[C@H]2[C@@H]1OC[C@@H]2OC(=O)/C=C/C(=O)O.C=C(O)/C=C\C(=O)O[C@H]1CO[C@H]2[C@@H]1OC[C@@H]2OC(=O)/C=C\C(=O)O.C=C(O)/C=C\C(=O)O[C@H]1CO[C@H]2[C@@H]1OC[C@@H]2OC(=O)CCC(=O)O.CC(=O)/C=C/C(=O)O[C@@H]1CO[C@H]2[C@@H]1OC[C@H]2OC(=O)/C=C/C(=O)O. The number of allylic oxidation sites excluding steroid dienone is 4. The van der Waals surface area contributed by atoms with Crippen LogP contribution in [0.3, 0.4) is 0 Å². The van der Waals surface area contributed by atoms with Gasteiger partial charge in [-0.2, -0.15) is 0 Å². The Labute approximate surface area is 542 Å². The van der Waals surface area contributed by atoms with Crippen molar-refractivity contribution in [3.05, 3.63) is 122 Å². The van der Waals surface area contributed by atoms with E-state index in [4.69, 9.17) is 112 Å². The minimum Gasteiger partial charge on any atom is -0.509 e. The minimum absolute atomic E-state index is 0.0410. The van der Waals surface area contributed by atoms with Gasteiger partial charge >= 0.3 is 71.6 Å². The summed E-state index contributed by atoms with van der Waals surface area (Å²) in [6.07, 6.45) is 1.89. The molecule has 0 radical (unpaired) electrons. The molecule has 522 valence electrons. The fraction of sp³-hybridized carbons (Fsp3) is 0.450. The van der Waals surface area contributed by atoms with Crippen LogP contribution in [0.4, 0.5) is 0 Å². The van der Waals surface area contributed by atoms with E-state index >= 15 is 0 Å². The van der Waals surface area contributed by atoms with Gasteiger partial charge in [-0.05, 0) is 31.2 Å². The molecule has 8 aliphatic heterocycles. The zero-order valence-corrected chi connectivity index (χ0v) is 50.5. The Hall–Kier alpha value is -10.2. The van der Waals surface area contributed by atoms with E-state index in [1.165, 1.54) is 6.92 Å². The van der Waals surface area contributed by atoms with Gasteiger partial charge in [-0.3, -0.25) is 14.4 Å². The summed E-state index contributed by atoms with van der Waals surface area (Å²) in [5.74, 6) is -12.0. The highest BCUT2D eigenvalue weighted by Crippen LogP contribution is 2.34. The van der Waals surface area contributed by atoms with Gasteiger partial charge in [0.25, 0.3) is 0 Å². The molecule has 96 heavy (non-hydrogen) atoms. The first-order valence-corrected chi connectivity index (χ1v) is 28.3. The van der Waals surface area contributed by atoms with Gasteiger partial charge in [-0.15, -0.1) is 0 Å². The number of hydrogen-bond donors (Lipinski definition) is 7. The molecule has 8 saturated heterocycles. The summed E-state index contributed by atoms with van der Waals surface area (Å²) in [5, 5.41) is 60.5. The Bertz CT molecular complexity index is 2740. The predicted octanol–water partition coefficient (Wildman–Crippen LogP) is -0.753. The minimum atomic E-state index is -1.27. The van der Waals surface area contributed by atoms with E-state index < -0.39 is 169 Å². The summed E-state index contributed by atoms with van der Waals surface area (Å²) >= 11 is 0. The second kappa shape index (κ2) is 37.6. The van der Waals surface area contributed by atoms with Crippen molar-refractivity contribution in [3.8, 4) is 0 Å². The summed E-state index contributed by atoms with van der Waals surface area (Å²) in [6.45, 7) is 11.4. The van der Waals surface area contributed by atoms with E-state index in [1.807, 2.05) is 0 Å². The van der Waals surface area contributed by atoms with Gasteiger partial charge in [0.2, 0.25) is 0 Å². The number of carboxylic acid groups (broad SMARTS) is 4. The van der Waals surface area contributed by atoms with Crippen LogP contribution in [0.2, 0.25) is 0 Å². The van der Waals surface area contributed by atoms with Crippen molar-refractivity contribution < 1.29 is 174 Å². The van der Waals surface area contributed by atoms with E-state index in [2.05, 4.69) is 19.7 Å². The Balaban J connectivity index is 0.000000231. The topological polar surface area (TPSA) is 511 Å². The van der Waals surface area contributed by atoms with Crippen molar-refractivity contribution in [2.24, 2.45) is 0 Å². The number of ketones is 1. The molecule has 8 rings (SSSR count). The predicted molar refractivity (Wildman–Crippen MR) is 307 cm³/mol. The molecule has 36 heteroatoms. The highest BCUT2D eigenvalue weighted by atomic mass is 16.7. The molecule has 7 N–H and O–H groups in total. The van der Waals surface area contributed by atoms with Crippen molar-refractivity contribution in [3.63, 3.8) is 0 Å². The van der Waals surface area contributed by atoms with Gasteiger partial charge in [-0.25, -0.2) is 47.9 Å². The first-order chi connectivity index (χ1) is 45.5. The van der Waals surface area contributed by atoms with Crippen molar-refractivity contribution in [1.29, 1.82) is 0 Å². The number of fused-ring (bicyclic) bond motifs is 4. The highest BCUT2D eigenvalue weighted by Gasteiger charge is 2.54. The van der Waals surface area contributed by atoms with Crippen LogP contribution in [0.15, 0.2) is 122 Å². The van der Waals surface area contributed by atoms with Crippen LogP contribution in [0.5, 0.6) is 0 Å². The van der Waals surface area contributed by atoms with Crippen LogP contribution in [-0.4, -0.2) is 264 Å². The van der Waals surface area contributed by atoms with Crippen LogP contribution in [-0.2, 0) is 138 Å². The quantitative estimate of drug-likeness (QED) is 0.0194. The second-order valence-electron chi connectivity index (χ2n) is 20.6. The third-order valence-corrected chi connectivity index (χ3v) is 13.3. The molecule has 0 spiro atoms. The number of ether oxygens (including phenoxy) is 16. The van der Waals surface area contributed by atoms with Crippen LogP contribution >= 0.6 is 0 Å². The lowest BCUT2D eigenvalue weighted by Gasteiger charge is -2.16. The van der Waals surface area contributed by atoms with Gasteiger partial charge in [0.15, 0.2) is 54.6 Å². The largest absolute Gasteiger partial charge is 0.509 e. The zero-order valence-electron chi connectivity index (χ0n) is 50.5. The molecule has 16 atom stereocenters. The Morgan fingerprint density at radius 3 is 0.656 bits per heavy atom. The molecule has 8 aliphatic rings. The Kier molecular flexibility index (Phi) is 30.0. The van der Waals surface area contributed by atoms with Gasteiger partial charge in [-0.1, -0.05) is 19.7 Å². The van der Waals surface area contributed by atoms with Crippen LogP contribution < -0.4 is 0 Å². The Morgan fingerprint density at radius 1 is 0.292 bits per heavy atom. The standard InChI is InChI=1S/C15H18O9.3C15H16O9/c4*1-8(16)2-4-12(19)23-9-6-21-15-10(7-22-14(9)15)24-13(20)5-3-11(17)18/h2,4,9-10,14-16H,1,3,5-7H2,(H,17,18);2-5,9-10,14-15H,6-7H2,1H3,(H,17,18);2*2-5,9-10,14-16H,1,6-7H2,(H,17,18)/b4-2-;4-2+,5-3+;4-2-,5-3+;4-2-,5-3-/t9-,10-,14+,15+;9-,10-,14-,15-;2*9-,10-,14+,15+/m0100/s1. The maximum Gasteiger partial charge on any atom is 0.331 e. The van der Waals surface area contributed by atoms with Crippen molar-refractivity contribution in [1.82, 2.24) is 0 Å². The van der Waals surface area contributed by atoms with E-state index in [9.17, 15) is 62.3 Å². The molecule has 0 saturated carbocycles. The fourth-order valence-electron chi connectivity index (χ4n) is 9.38. The molecular formula is C60H66O36. The zero-order chi connectivity index (χ0) is 70.8. The van der Waals surface area contributed by atoms with Crippen molar-refractivity contribution in [2.75, 3.05) is 52.9 Å². The molecule has 0 bridgehead atoms. The molecule has 0 aromatic heterocycles. The number of hydrogen-bond acceptors (Lipinski definition) is 32. The number of rotatable bonds is 25. The van der Waals surface area contributed by atoms with Crippen molar-refractivity contribution in [2.45, 2.75) is 117 Å². The summed E-state index contributed by atoms with van der Waals surface area (Å²) in [4.78, 5) is 145. The lowest BCUT2D eigenvalue weighted by Crippen LogP contribution is -2.35. The highest BCUT2D eigenvalue weighted by molar-refractivity contribution is 5.95.